The zero-order valence-corrected chi connectivity index (χ0v) is 17.0. The molecule has 7 heteroatoms. The Balaban J connectivity index is 1.97. The topological polar surface area (TPSA) is 60.7 Å². The van der Waals surface area contributed by atoms with Crippen LogP contribution in [0.1, 0.15) is 30.3 Å². The first kappa shape index (κ1) is 18.6. The van der Waals surface area contributed by atoms with Crippen molar-refractivity contribution < 1.29 is 9.53 Å². The fourth-order valence-corrected chi connectivity index (χ4v) is 5.01. The molecule has 2 aromatic heterocycles. The van der Waals surface area contributed by atoms with Gasteiger partial charge in [0.05, 0.1) is 28.5 Å². The Morgan fingerprint density at radius 3 is 2.71 bits per heavy atom. The second-order valence-corrected chi connectivity index (χ2v) is 8.22. The summed E-state index contributed by atoms with van der Waals surface area (Å²) in [7, 11) is 0. The number of fused-ring (bicyclic) bond motifs is 1. The van der Waals surface area contributed by atoms with Gasteiger partial charge < -0.3 is 4.74 Å². The summed E-state index contributed by atoms with van der Waals surface area (Å²) in [6.45, 7) is 3.82. The van der Waals surface area contributed by atoms with E-state index in [0.29, 0.717) is 20.6 Å². The number of hydrogen-bond acceptors (Lipinski definition) is 6. The molecule has 5 nitrogen and oxygen atoms in total. The molecule has 0 radical (unpaired) electrons. The van der Waals surface area contributed by atoms with Gasteiger partial charge in [-0.3, -0.25) is 9.36 Å². The van der Waals surface area contributed by atoms with Gasteiger partial charge in [-0.2, -0.15) is 0 Å². The molecule has 4 rings (SSSR count). The van der Waals surface area contributed by atoms with E-state index in [1.54, 1.807) is 29.8 Å². The number of allylic oxidation sites excluding steroid dienone is 1. The smallest absolute Gasteiger partial charge is 0.338 e. The zero-order valence-electron chi connectivity index (χ0n) is 15.4. The van der Waals surface area contributed by atoms with Gasteiger partial charge in [-0.1, -0.05) is 47.7 Å². The average Bonchev–Trinajstić information content (AvgIpc) is 3.30. The Morgan fingerprint density at radius 1 is 1.25 bits per heavy atom. The summed E-state index contributed by atoms with van der Waals surface area (Å²) in [6, 6.07) is 12.9. The van der Waals surface area contributed by atoms with Gasteiger partial charge in [0, 0.05) is 4.88 Å². The van der Waals surface area contributed by atoms with Gasteiger partial charge in [0.1, 0.15) is 0 Å². The van der Waals surface area contributed by atoms with E-state index in [1.807, 2.05) is 53.9 Å². The molecule has 3 heterocycles. The third kappa shape index (κ3) is 3.27. The van der Waals surface area contributed by atoms with Crippen molar-refractivity contribution in [2.24, 2.45) is 4.99 Å². The van der Waals surface area contributed by atoms with Gasteiger partial charge in [0.2, 0.25) is 0 Å². The van der Waals surface area contributed by atoms with E-state index in [2.05, 4.69) is 4.99 Å². The number of benzene rings is 1. The van der Waals surface area contributed by atoms with Crippen LogP contribution in [0, 0.1) is 0 Å². The summed E-state index contributed by atoms with van der Waals surface area (Å²) >= 11 is 2.91. The Kier molecular flexibility index (Phi) is 5.11. The molecule has 0 N–H and O–H groups in total. The molecule has 1 aliphatic heterocycles. The lowest BCUT2D eigenvalue weighted by Crippen LogP contribution is -2.39. The van der Waals surface area contributed by atoms with E-state index in [9.17, 15) is 9.59 Å². The minimum atomic E-state index is -0.554. The zero-order chi connectivity index (χ0) is 19.7. The third-order valence-electron chi connectivity index (χ3n) is 4.45. The number of hydrogen-bond donors (Lipinski definition) is 0. The van der Waals surface area contributed by atoms with Crippen LogP contribution in [0.4, 0.5) is 0 Å². The van der Waals surface area contributed by atoms with Gasteiger partial charge in [0.25, 0.3) is 5.56 Å². The van der Waals surface area contributed by atoms with Gasteiger partial charge >= 0.3 is 5.97 Å². The molecule has 0 saturated heterocycles. The van der Waals surface area contributed by atoms with E-state index < -0.39 is 12.0 Å². The van der Waals surface area contributed by atoms with Crippen LogP contribution in [0.25, 0.3) is 6.08 Å². The maximum absolute atomic E-state index is 13.3. The molecule has 0 fully saturated rings. The van der Waals surface area contributed by atoms with Crippen molar-refractivity contribution in [1.29, 1.82) is 0 Å². The van der Waals surface area contributed by atoms with Crippen molar-refractivity contribution >= 4 is 34.7 Å². The van der Waals surface area contributed by atoms with Crippen LogP contribution in [0.5, 0.6) is 0 Å². The van der Waals surface area contributed by atoms with Crippen molar-refractivity contribution in [1.82, 2.24) is 4.57 Å². The third-order valence-corrected chi connectivity index (χ3v) is 6.25. The SMILES string of the molecule is CCOC(=O)C1=C(C)N=c2s/c(=C/c3cccs3)c(=O)n2C1c1ccccc1. The Morgan fingerprint density at radius 2 is 2.04 bits per heavy atom. The van der Waals surface area contributed by atoms with E-state index >= 15 is 0 Å². The summed E-state index contributed by atoms with van der Waals surface area (Å²) < 4.78 is 7.48. The van der Waals surface area contributed by atoms with E-state index in [4.69, 9.17) is 4.74 Å². The Bertz CT molecular complexity index is 1220. The standard InChI is InChI=1S/C21H18N2O3S2/c1-3-26-20(25)17-13(2)22-21-23(18(17)14-8-5-4-6-9-14)19(24)16(28-21)12-15-10-7-11-27-15/h4-12,18H,3H2,1-2H3/b16-12+. The number of nitrogens with zero attached hydrogens (tertiary/aromatic N) is 2. The molecule has 28 heavy (non-hydrogen) atoms. The maximum Gasteiger partial charge on any atom is 0.338 e. The maximum atomic E-state index is 13.3. The molecular weight excluding hydrogens is 392 g/mol. The lowest BCUT2D eigenvalue weighted by atomic mass is 9.96. The van der Waals surface area contributed by atoms with Gasteiger partial charge in [-0.25, -0.2) is 9.79 Å². The second kappa shape index (κ2) is 7.69. The van der Waals surface area contributed by atoms with E-state index in [0.717, 1.165) is 10.4 Å². The van der Waals surface area contributed by atoms with Crippen molar-refractivity contribution in [3.05, 3.63) is 89.2 Å². The average molecular weight is 411 g/mol. The van der Waals surface area contributed by atoms with Crippen molar-refractivity contribution in [2.75, 3.05) is 6.61 Å². The number of carbonyl (C=O) groups is 1. The normalized spacial score (nSPS) is 16.6. The minimum absolute atomic E-state index is 0.152. The monoisotopic (exact) mass is 410 g/mol. The number of thiazole rings is 1. The molecule has 142 valence electrons. The van der Waals surface area contributed by atoms with Crippen LogP contribution in [-0.2, 0) is 9.53 Å². The Labute approximate surface area is 169 Å². The first-order valence-electron chi connectivity index (χ1n) is 8.88. The molecule has 1 atom stereocenters. The molecule has 0 bridgehead atoms. The second-order valence-electron chi connectivity index (χ2n) is 6.23. The van der Waals surface area contributed by atoms with Crippen LogP contribution < -0.4 is 14.9 Å². The highest BCUT2D eigenvalue weighted by Crippen LogP contribution is 2.30. The van der Waals surface area contributed by atoms with Crippen LogP contribution in [-0.4, -0.2) is 17.1 Å². The molecule has 0 aliphatic carbocycles. The van der Waals surface area contributed by atoms with E-state index in [1.165, 1.54) is 11.3 Å². The summed E-state index contributed by atoms with van der Waals surface area (Å²) in [5.41, 5.74) is 1.68. The molecule has 1 unspecified atom stereocenters. The predicted octanol–water partition coefficient (Wildman–Crippen LogP) is 2.86. The number of esters is 1. The predicted molar refractivity (Wildman–Crippen MR) is 111 cm³/mol. The first-order chi connectivity index (χ1) is 13.6. The molecule has 0 amide bonds. The molecule has 0 spiro atoms. The largest absolute Gasteiger partial charge is 0.463 e. The van der Waals surface area contributed by atoms with Gasteiger partial charge in [-0.05, 0) is 36.9 Å². The summed E-state index contributed by atoms with van der Waals surface area (Å²) in [5.74, 6) is -0.440. The highest BCUT2D eigenvalue weighted by atomic mass is 32.1. The van der Waals surface area contributed by atoms with Crippen LogP contribution >= 0.6 is 22.7 Å². The number of ether oxygens (including phenoxy) is 1. The molecule has 1 aliphatic rings. The quantitative estimate of drug-likeness (QED) is 0.622. The van der Waals surface area contributed by atoms with Gasteiger partial charge in [0.15, 0.2) is 4.80 Å². The number of carbonyl (C=O) groups excluding carboxylic acids is 1. The van der Waals surface area contributed by atoms with Gasteiger partial charge in [-0.15, -0.1) is 11.3 Å². The lowest BCUT2D eigenvalue weighted by molar-refractivity contribution is -0.139. The molecular formula is C21H18N2O3S2. The van der Waals surface area contributed by atoms with Crippen molar-refractivity contribution in [2.45, 2.75) is 19.9 Å². The summed E-state index contributed by atoms with van der Waals surface area (Å²) in [5, 5.41) is 1.97. The molecule has 0 saturated carbocycles. The number of rotatable bonds is 4. The fourth-order valence-electron chi connectivity index (χ4n) is 3.24. The molecule has 3 aromatic rings. The van der Waals surface area contributed by atoms with E-state index in [-0.39, 0.29) is 12.2 Å². The summed E-state index contributed by atoms with van der Waals surface area (Å²) in [4.78, 5) is 32.1. The minimum Gasteiger partial charge on any atom is -0.463 e. The van der Waals surface area contributed by atoms with Crippen molar-refractivity contribution in [3.63, 3.8) is 0 Å². The number of aromatic nitrogens is 1. The first-order valence-corrected chi connectivity index (χ1v) is 10.6. The van der Waals surface area contributed by atoms with Crippen LogP contribution in [0.2, 0.25) is 0 Å². The van der Waals surface area contributed by atoms with Crippen LogP contribution in [0.3, 0.4) is 0 Å². The highest BCUT2D eigenvalue weighted by molar-refractivity contribution is 7.11. The molecule has 1 aromatic carbocycles. The van der Waals surface area contributed by atoms with Crippen molar-refractivity contribution in [3.8, 4) is 0 Å². The highest BCUT2D eigenvalue weighted by Gasteiger charge is 2.33. The Hall–Kier alpha value is -2.77. The number of thiophene rings is 1. The van der Waals surface area contributed by atoms with Crippen LogP contribution in [0.15, 0.2) is 68.9 Å². The fraction of sp³-hybridized carbons (Fsp3) is 0.190. The lowest BCUT2D eigenvalue weighted by Gasteiger charge is -2.24. The summed E-state index contributed by atoms with van der Waals surface area (Å²) in [6.07, 6.45) is 1.87.